The third-order valence-corrected chi connectivity index (χ3v) is 9.83. The molecule has 4 unspecified atom stereocenters. The largest absolute Gasteiger partial charge is 0.465 e. The summed E-state index contributed by atoms with van der Waals surface area (Å²) in [4.78, 5) is 50.7. The van der Waals surface area contributed by atoms with Crippen molar-refractivity contribution < 1.29 is 48.3 Å². The minimum atomic E-state index is -1.09. The maximum absolute atomic E-state index is 13.1. The predicted molar refractivity (Wildman–Crippen MR) is 204 cm³/mol. The molecule has 4 aromatic rings. The molecule has 54 heavy (non-hydrogen) atoms. The average Bonchev–Trinajstić information content (AvgIpc) is 3.33. The summed E-state index contributed by atoms with van der Waals surface area (Å²) < 4.78 is 20.8. The van der Waals surface area contributed by atoms with Crippen molar-refractivity contribution in [2.24, 2.45) is 0 Å². The molecule has 1 aliphatic heterocycles. The van der Waals surface area contributed by atoms with E-state index in [0.717, 1.165) is 0 Å². The third-order valence-electron chi connectivity index (χ3n) is 9.83. The van der Waals surface area contributed by atoms with Gasteiger partial charge in [0.05, 0.1) is 38.6 Å². The highest BCUT2D eigenvalue weighted by molar-refractivity contribution is 6.09. The summed E-state index contributed by atoms with van der Waals surface area (Å²) in [5.74, 6) is -3.48. The summed E-state index contributed by atoms with van der Waals surface area (Å²) in [5.41, 5.74) is 3.69. The first-order valence-corrected chi connectivity index (χ1v) is 18.3. The SMILES string of the molecule is CCOC(=O)CNc1cccc2c(C3C(O)C(c4ccc5c6c(cccc46)NC(C(=O)OCC)C(C(=O)OCC)N5)C3O)ccc(NCC(=O)OCC)c12. The standard InChI is InChI=1S/C40H46N4O10/c1-5-51-29(45)19-41-25-13-9-11-21-23(15-17-26(31(21)25)42-20-30(46)52-6-2)33-37(47)34(38(33)48)24-16-18-28-32-22(24)12-10-14-27(32)43-35(39(49)53-7-3)36(44-28)40(50)54-8-4/h9-18,33-38,41-44,47-48H,5-8,19-20H2,1-4H3. The second kappa shape index (κ2) is 16.6. The van der Waals surface area contributed by atoms with Crippen molar-refractivity contribution in [1.29, 1.82) is 0 Å². The molecule has 1 heterocycles. The number of esters is 4. The molecule has 4 aromatic carbocycles. The van der Waals surface area contributed by atoms with Crippen molar-refractivity contribution in [1.82, 2.24) is 0 Å². The van der Waals surface area contributed by atoms with Crippen LogP contribution in [0.15, 0.2) is 60.7 Å². The minimum absolute atomic E-state index is 0.0961. The number of hydrogen-bond acceptors (Lipinski definition) is 14. The highest BCUT2D eigenvalue weighted by Gasteiger charge is 2.51. The predicted octanol–water partition coefficient (Wildman–Crippen LogP) is 4.25. The maximum atomic E-state index is 13.1. The van der Waals surface area contributed by atoms with E-state index in [9.17, 15) is 29.4 Å². The Kier molecular flexibility index (Phi) is 11.7. The van der Waals surface area contributed by atoms with Crippen LogP contribution in [-0.2, 0) is 38.1 Å². The molecule has 2 aliphatic rings. The number of hydrogen-bond donors (Lipinski definition) is 6. The molecule has 14 nitrogen and oxygen atoms in total. The molecule has 4 atom stereocenters. The molecule has 0 amide bonds. The number of aliphatic hydroxyl groups excluding tert-OH is 2. The van der Waals surface area contributed by atoms with Gasteiger partial charge in [-0.25, -0.2) is 9.59 Å². The molecular formula is C40H46N4O10. The molecule has 6 rings (SSSR count). The first-order valence-electron chi connectivity index (χ1n) is 18.3. The van der Waals surface area contributed by atoms with E-state index in [4.69, 9.17) is 18.9 Å². The van der Waals surface area contributed by atoms with Gasteiger partial charge in [0.25, 0.3) is 0 Å². The molecule has 1 fully saturated rings. The van der Waals surface area contributed by atoms with Crippen molar-refractivity contribution >= 4 is 68.2 Å². The van der Waals surface area contributed by atoms with Gasteiger partial charge in [-0.1, -0.05) is 36.4 Å². The van der Waals surface area contributed by atoms with E-state index < -0.39 is 60.0 Å². The Morgan fingerprint density at radius 3 is 1.54 bits per heavy atom. The highest BCUT2D eigenvalue weighted by atomic mass is 16.5. The summed E-state index contributed by atoms with van der Waals surface area (Å²) in [6.45, 7) is 7.36. The van der Waals surface area contributed by atoms with Gasteiger partial charge in [-0.15, -0.1) is 0 Å². The van der Waals surface area contributed by atoms with Crippen LogP contribution in [0.1, 0.15) is 50.7 Å². The van der Waals surface area contributed by atoms with Gasteiger partial charge in [-0.3, -0.25) is 9.59 Å². The van der Waals surface area contributed by atoms with Crippen LogP contribution in [0.3, 0.4) is 0 Å². The number of carbonyl (C=O) groups excluding carboxylic acids is 4. The number of fused-ring (bicyclic) bond motifs is 1. The van der Waals surface area contributed by atoms with E-state index in [1.54, 1.807) is 58.0 Å². The summed E-state index contributed by atoms with van der Waals surface area (Å²) in [6.07, 6.45) is -2.03. The second-order valence-electron chi connectivity index (χ2n) is 13.0. The van der Waals surface area contributed by atoms with Crippen LogP contribution in [0.25, 0.3) is 21.5 Å². The van der Waals surface area contributed by atoms with E-state index >= 15 is 0 Å². The fourth-order valence-corrected chi connectivity index (χ4v) is 7.53. The monoisotopic (exact) mass is 742 g/mol. The van der Waals surface area contributed by atoms with Gasteiger partial charge in [0.2, 0.25) is 0 Å². The molecule has 1 aliphatic carbocycles. The molecule has 0 spiro atoms. The first kappa shape index (κ1) is 38.1. The van der Waals surface area contributed by atoms with Crippen LogP contribution in [-0.4, -0.2) is 97.9 Å². The van der Waals surface area contributed by atoms with Crippen molar-refractivity contribution in [2.75, 3.05) is 60.8 Å². The summed E-state index contributed by atoms with van der Waals surface area (Å²) in [5, 5.41) is 39.3. The van der Waals surface area contributed by atoms with E-state index in [2.05, 4.69) is 21.3 Å². The van der Waals surface area contributed by atoms with Crippen LogP contribution in [0.5, 0.6) is 0 Å². The normalized spacial score (nSPS) is 21.4. The Balaban J connectivity index is 1.36. The Labute approximate surface area is 312 Å². The smallest absolute Gasteiger partial charge is 0.331 e. The van der Waals surface area contributed by atoms with Crippen molar-refractivity contribution in [3.05, 3.63) is 71.8 Å². The zero-order chi connectivity index (χ0) is 38.5. The number of rotatable bonds is 14. The molecule has 6 N–H and O–H groups in total. The number of benzene rings is 4. The Morgan fingerprint density at radius 1 is 0.574 bits per heavy atom. The zero-order valence-corrected chi connectivity index (χ0v) is 30.6. The molecule has 14 heteroatoms. The third kappa shape index (κ3) is 7.31. The van der Waals surface area contributed by atoms with Crippen LogP contribution in [0.4, 0.5) is 22.7 Å². The Hall–Kier alpha value is -5.60. The van der Waals surface area contributed by atoms with Gasteiger partial charge in [0.15, 0.2) is 12.1 Å². The summed E-state index contributed by atoms with van der Waals surface area (Å²) in [6, 6.07) is 16.0. The minimum Gasteiger partial charge on any atom is -0.465 e. The molecule has 0 radical (unpaired) electrons. The second-order valence-corrected chi connectivity index (χ2v) is 13.0. The first-order chi connectivity index (χ1) is 26.1. The zero-order valence-electron chi connectivity index (χ0n) is 30.6. The van der Waals surface area contributed by atoms with Crippen molar-refractivity contribution in [3.8, 4) is 0 Å². The maximum Gasteiger partial charge on any atom is 0.331 e. The average molecular weight is 743 g/mol. The van der Waals surface area contributed by atoms with E-state index in [1.165, 1.54) is 0 Å². The number of ether oxygens (including phenoxy) is 4. The number of aliphatic hydroxyl groups is 2. The van der Waals surface area contributed by atoms with Gasteiger partial charge in [0.1, 0.15) is 13.1 Å². The van der Waals surface area contributed by atoms with Gasteiger partial charge in [0, 0.05) is 45.4 Å². The van der Waals surface area contributed by atoms with Crippen LogP contribution < -0.4 is 21.3 Å². The topological polar surface area (TPSA) is 194 Å². The molecule has 286 valence electrons. The Morgan fingerprint density at radius 2 is 1.02 bits per heavy atom. The lowest BCUT2D eigenvalue weighted by molar-refractivity contribution is -0.151. The molecule has 0 bridgehead atoms. The lowest BCUT2D eigenvalue weighted by Crippen LogP contribution is -2.51. The van der Waals surface area contributed by atoms with Crippen molar-refractivity contribution in [2.45, 2.75) is 63.8 Å². The number of anilines is 4. The van der Waals surface area contributed by atoms with Gasteiger partial charge in [-0.2, -0.15) is 0 Å². The lowest BCUT2D eigenvalue weighted by atomic mass is 9.62. The fraction of sp³-hybridized carbons (Fsp3) is 0.400. The van der Waals surface area contributed by atoms with E-state index in [1.807, 2.05) is 30.3 Å². The van der Waals surface area contributed by atoms with Crippen LogP contribution >= 0.6 is 0 Å². The van der Waals surface area contributed by atoms with Gasteiger partial charge >= 0.3 is 23.9 Å². The molecule has 0 saturated heterocycles. The molecule has 0 aromatic heterocycles. The fourth-order valence-electron chi connectivity index (χ4n) is 7.53. The van der Waals surface area contributed by atoms with Gasteiger partial charge in [-0.05, 0) is 73.9 Å². The van der Waals surface area contributed by atoms with Crippen LogP contribution in [0.2, 0.25) is 0 Å². The Bertz CT molecular complexity index is 1960. The quantitative estimate of drug-likeness (QED) is 0.0793. The molecular weight excluding hydrogens is 696 g/mol. The van der Waals surface area contributed by atoms with Crippen molar-refractivity contribution in [3.63, 3.8) is 0 Å². The lowest BCUT2D eigenvalue weighted by Gasteiger charge is -2.48. The van der Waals surface area contributed by atoms with E-state index in [-0.39, 0.29) is 39.5 Å². The van der Waals surface area contributed by atoms with Gasteiger partial charge < -0.3 is 50.4 Å². The van der Waals surface area contributed by atoms with Crippen LogP contribution in [0, 0.1) is 0 Å². The number of nitrogens with one attached hydrogen (secondary N) is 4. The summed E-state index contributed by atoms with van der Waals surface area (Å²) in [7, 11) is 0. The number of carbonyl (C=O) groups is 4. The summed E-state index contributed by atoms with van der Waals surface area (Å²) >= 11 is 0. The van der Waals surface area contributed by atoms with E-state index in [0.29, 0.717) is 55.4 Å². The highest BCUT2D eigenvalue weighted by Crippen LogP contribution is 2.53. The molecule has 1 saturated carbocycles.